The zero-order valence-electron chi connectivity index (χ0n) is 14.0. The first-order chi connectivity index (χ1) is 11.6. The van der Waals surface area contributed by atoms with Crippen LogP contribution in [0.4, 0.5) is 10.7 Å². The molecule has 7 heteroatoms. The molecule has 24 heavy (non-hydrogen) atoms. The van der Waals surface area contributed by atoms with Crippen LogP contribution in [-0.4, -0.2) is 41.7 Å². The van der Waals surface area contributed by atoms with Gasteiger partial charge in [-0.25, -0.2) is 14.8 Å². The molecule has 2 aromatic rings. The van der Waals surface area contributed by atoms with Crippen LogP contribution in [0.15, 0.2) is 42.7 Å². The van der Waals surface area contributed by atoms with Gasteiger partial charge >= 0.3 is 6.03 Å². The Bertz CT molecular complexity index is 619. The van der Waals surface area contributed by atoms with Gasteiger partial charge in [-0.15, -0.1) is 0 Å². The van der Waals surface area contributed by atoms with Gasteiger partial charge in [0.1, 0.15) is 12.4 Å². The predicted molar refractivity (Wildman–Crippen MR) is 93.2 cm³/mol. The standard InChI is InChI=1S/C17H23N5O2/c1-13-4-6-15(7-5-13)24-12-14(2)22-17(23)21-11-10-20-16-18-8-3-9-19-16/h3-9,14H,10-12H2,1-2H3,(H,18,19,20)(H2,21,22,23). The topological polar surface area (TPSA) is 88.2 Å². The van der Waals surface area contributed by atoms with Crippen LogP contribution >= 0.6 is 0 Å². The number of aryl methyl sites for hydroxylation is 1. The van der Waals surface area contributed by atoms with Gasteiger partial charge in [-0.05, 0) is 32.0 Å². The van der Waals surface area contributed by atoms with Crippen LogP contribution in [-0.2, 0) is 0 Å². The molecule has 0 bridgehead atoms. The SMILES string of the molecule is Cc1ccc(OCC(C)NC(=O)NCCNc2ncccn2)cc1. The Kier molecular flexibility index (Phi) is 6.82. The van der Waals surface area contributed by atoms with E-state index in [4.69, 9.17) is 4.74 Å². The Labute approximate surface area is 141 Å². The van der Waals surface area contributed by atoms with Gasteiger partial charge in [-0.3, -0.25) is 0 Å². The largest absolute Gasteiger partial charge is 0.491 e. The molecule has 0 fully saturated rings. The van der Waals surface area contributed by atoms with Crippen molar-refractivity contribution >= 4 is 12.0 Å². The molecule has 0 spiro atoms. The van der Waals surface area contributed by atoms with Gasteiger partial charge in [0.15, 0.2) is 0 Å². The third-order valence-electron chi connectivity index (χ3n) is 3.16. The van der Waals surface area contributed by atoms with E-state index < -0.39 is 0 Å². The number of hydrogen-bond donors (Lipinski definition) is 3. The molecule has 2 amide bonds. The average molecular weight is 329 g/mol. The van der Waals surface area contributed by atoms with Crippen molar-refractivity contribution in [3.63, 3.8) is 0 Å². The lowest BCUT2D eigenvalue weighted by Crippen LogP contribution is -2.44. The molecule has 0 radical (unpaired) electrons. The lowest BCUT2D eigenvalue weighted by molar-refractivity contribution is 0.227. The fourth-order valence-electron chi connectivity index (χ4n) is 1.91. The third-order valence-corrected chi connectivity index (χ3v) is 3.16. The number of anilines is 1. The maximum absolute atomic E-state index is 11.8. The van der Waals surface area contributed by atoms with E-state index in [1.54, 1.807) is 18.5 Å². The molecule has 1 atom stereocenters. The highest BCUT2D eigenvalue weighted by Gasteiger charge is 2.07. The zero-order valence-corrected chi connectivity index (χ0v) is 14.0. The fraction of sp³-hybridized carbons (Fsp3) is 0.353. The number of rotatable bonds is 8. The summed E-state index contributed by atoms with van der Waals surface area (Å²) in [6.07, 6.45) is 3.32. The summed E-state index contributed by atoms with van der Waals surface area (Å²) in [5.41, 5.74) is 1.18. The Morgan fingerprint density at radius 2 is 1.88 bits per heavy atom. The summed E-state index contributed by atoms with van der Waals surface area (Å²) in [5.74, 6) is 1.33. The van der Waals surface area contributed by atoms with E-state index in [-0.39, 0.29) is 12.1 Å². The molecule has 0 saturated heterocycles. The molecule has 1 aromatic carbocycles. The smallest absolute Gasteiger partial charge is 0.315 e. The van der Waals surface area contributed by atoms with Gasteiger partial charge in [0.25, 0.3) is 0 Å². The summed E-state index contributed by atoms with van der Waals surface area (Å²) in [6, 6.07) is 9.23. The van der Waals surface area contributed by atoms with Crippen LogP contribution in [0, 0.1) is 6.92 Å². The van der Waals surface area contributed by atoms with Crippen molar-refractivity contribution < 1.29 is 9.53 Å². The number of carbonyl (C=O) groups is 1. The Balaban J connectivity index is 1.58. The van der Waals surface area contributed by atoms with Crippen molar-refractivity contribution in [2.45, 2.75) is 19.9 Å². The Morgan fingerprint density at radius 1 is 1.17 bits per heavy atom. The van der Waals surface area contributed by atoms with Crippen LogP contribution in [0.25, 0.3) is 0 Å². The van der Waals surface area contributed by atoms with Crippen LogP contribution in [0.3, 0.4) is 0 Å². The second-order valence-corrected chi connectivity index (χ2v) is 5.42. The molecule has 1 aromatic heterocycles. The molecular formula is C17H23N5O2. The highest BCUT2D eigenvalue weighted by atomic mass is 16.5. The number of benzene rings is 1. The average Bonchev–Trinajstić information content (AvgIpc) is 2.59. The van der Waals surface area contributed by atoms with Gasteiger partial charge in [-0.1, -0.05) is 17.7 Å². The first-order valence-electron chi connectivity index (χ1n) is 7.88. The highest BCUT2D eigenvalue weighted by molar-refractivity contribution is 5.74. The number of hydrogen-bond acceptors (Lipinski definition) is 5. The molecule has 0 aliphatic carbocycles. The number of nitrogens with one attached hydrogen (secondary N) is 3. The van der Waals surface area contributed by atoms with Crippen molar-refractivity contribution in [3.05, 3.63) is 48.3 Å². The van der Waals surface area contributed by atoms with Crippen molar-refractivity contribution in [3.8, 4) is 5.75 Å². The molecule has 1 unspecified atom stereocenters. The lowest BCUT2D eigenvalue weighted by Gasteiger charge is -2.16. The summed E-state index contributed by atoms with van der Waals surface area (Å²) in [4.78, 5) is 19.9. The molecule has 2 rings (SSSR count). The first kappa shape index (κ1) is 17.5. The summed E-state index contributed by atoms with van der Waals surface area (Å²) >= 11 is 0. The summed E-state index contributed by atoms with van der Waals surface area (Å²) < 4.78 is 5.64. The summed E-state index contributed by atoms with van der Waals surface area (Å²) in [6.45, 7) is 5.34. The maximum atomic E-state index is 11.8. The maximum Gasteiger partial charge on any atom is 0.315 e. The van der Waals surface area contributed by atoms with Crippen LogP contribution < -0.4 is 20.7 Å². The summed E-state index contributed by atoms with van der Waals surface area (Å²) in [7, 11) is 0. The van der Waals surface area contributed by atoms with E-state index in [1.807, 2.05) is 38.1 Å². The molecule has 7 nitrogen and oxygen atoms in total. The van der Waals surface area contributed by atoms with Crippen molar-refractivity contribution in [1.29, 1.82) is 0 Å². The number of aromatic nitrogens is 2. The number of ether oxygens (including phenoxy) is 1. The van der Waals surface area contributed by atoms with E-state index in [9.17, 15) is 4.79 Å². The molecule has 0 aliphatic rings. The number of nitrogens with zero attached hydrogens (tertiary/aromatic N) is 2. The van der Waals surface area contributed by atoms with E-state index in [0.717, 1.165) is 5.75 Å². The van der Waals surface area contributed by atoms with Gasteiger partial charge < -0.3 is 20.7 Å². The van der Waals surface area contributed by atoms with Crippen LogP contribution in [0.2, 0.25) is 0 Å². The van der Waals surface area contributed by atoms with E-state index in [1.165, 1.54) is 5.56 Å². The molecule has 0 saturated carbocycles. The van der Waals surface area contributed by atoms with Gasteiger partial charge in [-0.2, -0.15) is 0 Å². The monoisotopic (exact) mass is 329 g/mol. The summed E-state index contributed by atoms with van der Waals surface area (Å²) in [5, 5.41) is 8.61. The fourth-order valence-corrected chi connectivity index (χ4v) is 1.91. The Morgan fingerprint density at radius 3 is 2.58 bits per heavy atom. The number of carbonyl (C=O) groups excluding carboxylic acids is 1. The molecule has 0 aliphatic heterocycles. The molecule has 1 heterocycles. The minimum atomic E-state index is -0.231. The van der Waals surface area contributed by atoms with Gasteiger partial charge in [0.2, 0.25) is 5.95 Å². The lowest BCUT2D eigenvalue weighted by atomic mass is 10.2. The molecular weight excluding hydrogens is 306 g/mol. The normalized spacial score (nSPS) is 11.4. The minimum Gasteiger partial charge on any atom is -0.491 e. The number of urea groups is 1. The third kappa shape index (κ3) is 6.51. The van der Waals surface area contributed by atoms with Gasteiger partial charge in [0, 0.05) is 25.5 Å². The van der Waals surface area contributed by atoms with Crippen molar-refractivity contribution in [2.75, 3.05) is 25.0 Å². The Hall–Kier alpha value is -2.83. The molecule has 3 N–H and O–H groups in total. The second kappa shape index (κ2) is 9.34. The van der Waals surface area contributed by atoms with Gasteiger partial charge in [0.05, 0.1) is 6.04 Å². The molecule has 128 valence electrons. The first-order valence-corrected chi connectivity index (χ1v) is 7.88. The number of amides is 2. The van der Waals surface area contributed by atoms with Crippen LogP contribution in [0.1, 0.15) is 12.5 Å². The van der Waals surface area contributed by atoms with Crippen LogP contribution in [0.5, 0.6) is 5.75 Å². The zero-order chi connectivity index (χ0) is 17.2. The van der Waals surface area contributed by atoms with Crippen molar-refractivity contribution in [1.82, 2.24) is 20.6 Å². The highest BCUT2D eigenvalue weighted by Crippen LogP contribution is 2.11. The quantitative estimate of drug-likeness (QED) is 0.644. The van der Waals surface area contributed by atoms with E-state index in [0.29, 0.717) is 25.6 Å². The van der Waals surface area contributed by atoms with E-state index in [2.05, 4.69) is 25.9 Å². The minimum absolute atomic E-state index is 0.100. The van der Waals surface area contributed by atoms with Crippen molar-refractivity contribution in [2.24, 2.45) is 0 Å². The predicted octanol–water partition coefficient (Wildman–Crippen LogP) is 1.96. The second-order valence-electron chi connectivity index (χ2n) is 5.42. The van der Waals surface area contributed by atoms with E-state index >= 15 is 0 Å².